The molecule has 0 aliphatic heterocycles. The Morgan fingerprint density at radius 3 is 2.20 bits per heavy atom. The van der Waals surface area contributed by atoms with Crippen LogP contribution in [0, 0.1) is 6.92 Å². The van der Waals surface area contributed by atoms with Gasteiger partial charge in [0.1, 0.15) is 18.2 Å². The first-order valence-electron chi connectivity index (χ1n) is 14.6. The molecule has 2 aromatic carbocycles. The zero-order chi connectivity index (χ0) is 33.1. The largest absolute Gasteiger partial charge is 0.484 e. The number of nitrogens with zero attached hydrogens (tertiary/aromatic N) is 1. The molecule has 44 heavy (non-hydrogen) atoms. The molecule has 0 bridgehead atoms. The highest BCUT2D eigenvalue weighted by Crippen LogP contribution is 2.33. The van der Waals surface area contributed by atoms with Gasteiger partial charge in [-0.2, -0.15) is 0 Å². The Balaban J connectivity index is 2.16. The molecule has 1 amide bonds. The first-order valence-corrected chi connectivity index (χ1v) is 24.6. The maximum atomic E-state index is 12.9. The van der Waals surface area contributed by atoms with Crippen molar-refractivity contribution < 1.29 is 37.3 Å². The summed E-state index contributed by atoms with van der Waals surface area (Å²) in [7, 11) is -6.46. The Kier molecular flexibility index (Phi) is 14.9. The van der Waals surface area contributed by atoms with Crippen molar-refractivity contribution in [3.63, 3.8) is 0 Å². The van der Waals surface area contributed by atoms with Gasteiger partial charge in [0.15, 0.2) is 13.4 Å². The van der Waals surface area contributed by atoms with E-state index in [-0.39, 0.29) is 38.1 Å². The Labute approximate surface area is 273 Å². The van der Waals surface area contributed by atoms with Crippen molar-refractivity contribution >= 4 is 53.7 Å². The number of anilines is 1. The van der Waals surface area contributed by atoms with Gasteiger partial charge in [0.25, 0.3) is 5.91 Å². The number of ether oxygens (including phenoxy) is 4. The summed E-state index contributed by atoms with van der Waals surface area (Å²) in [5, 5.41) is 13.6. The lowest BCUT2D eigenvalue weighted by Gasteiger charge is -2.26. The van der Waals surface area contributed by atoms with Gasteiger partial charge in [0, 0.05) is 40.4 Å². The van der Waals surface area contributed by atoms with E-state index in [1.165, 1.54) is 6.07 Å². The number of halogens is 1. The van der Waals surface area contributed by atoms with Gasteiger partial charge in [-0.3, -0.25) is 4.79 Å². The average molecular weight is 734 g/mol. The fourth-order valence-electron chi connectivity index (χ4n) is 3.71. The number of aliphatic hydroxyl groups is 1. The molecule has 0 aliphatic carbocycles. The van der Waals surface area contributed by atoms with Gasteiger partial charge in [-0.05, 0) is 60.5 Å². The third-order valence-corrected chi connectivity index (χ3v) is 11.9. The molecule has 0 saturated heterocycles. The normalized spacial score (nSPS) is 13.0. The molecule has 0 saturated carbocycles. The van der Waals surface area contributed by atoms with E-state index in [2.05, 4.69) is 60.5 Å². The summed E-state index contributed by atoms with van der Waals surface area (Å²) >= 11 is 3.43. The number of benzene rings is 2. The molecule has 2 aromatic rings. The molecule has 10 nitrogen and oxygen atoms in total. The highest BCUT2D eigenvalue weighted by molar-refractivity contribution is 9.10. The number of carbonyl (C=O) groups excluding carboxylic acids is 1. The van der Waals surface area contributed by atoms with Gasteiger partial charge >= 0.3 is 0 Å². The summed E-state index contributed by atoms with van der Waals surface area (Å²) in [6, 6.07) is 12.0. The molecule has 0 aromatic heterocycles. The Bertz CT molecular complexity index is 1330. The van der Waals surface area contributed by atoms with Gasteiger partial charge in [-0.25, -0.2) is 12.7 Å². The molecule has 248 valence electrons. The lowest BCUT2D eigenvalue weighted by molar-refractivity contribution is -0.123. The van der Waals surface area contributed by atoms with Crippen molar-refractivity contribution in [1.82, 2.24) is 5.32 Å². The molecule has 2 N–H and O–H groups in total. The number of hydrogen-bond acceptors (Lipinski definition) is 8. The van der Waals surface area contributed by atoms with Crippen molar-refractivity contribution in [2.75, 3.05) is 50.5 Å². The van der Waals surface area contributed by atoms with E-state index in [1.54, 1.807) is 18.2 Å². The van der Waals surface area contributed by atoms with Crippen LogP contribution in [0.5, 0.6) is 11.5 Å². The summed E-state index contributed by atoms with van der Waals surface area (Å²) < 4.78 is 50.8. The third-order valence-electron chi connectivity index (χ3n) is 6.53. The first-order chi connectivity index (χ1) is 20.4. The Hall–Kier alpha value is -1.95. The van der Waals surface area contributed by atoms with E-state index < -0.39 is 38.2 Å². The van der Waals surface area contributed by atoms with Crippen LogP contribution >= 0.6 is 15.9 Å². The maximum Gasteiger partial charge on any atom is 0.258 e. The number of aliphatic hydroxyl groups excluding tert-OH is 1. The van der Waals surface area contributed by atoms with Crippen molar-refractivity contribution in [2.45, 2.75) is 64.4 Å². The van der Waals surface area contributed by atoms with Crippen LogP contribution in [-0.2, 0) is 24.3 Å². The first kappa shape index (κ1) is 38.2. The standard InChI is InChI=1S/C30H49BrN2O8SSi2/c1-23-17-25(10-11-26(23)31)40-20-30(35)32-19-28(34)24-9-12-29(41-22-39-14-16-44(6,7)8)27(18-24)33(42(2,36)37)21-38-13-15-43(3,4)5/h9-12,17-18,28,34H,13-16,19-22H2,1-8H3,(H,32,35)/t28-/m1/s1. The van der Waals surface area contributed by atoms with E-state index in [0.717, 1.165) is 32.7 Å². The summed E-state index contributed by atoms with van der Waals surface area (Å²) in [5.74, 6) is 0.420. The van der Waals surface area contributed by atoms with Crippen molar-refractivity contribution in [2.24, 2.45) is 0 Å². The quantitative estimate of drug-likeness (QED) is 0.106. The van der Waals surface area contributed by atoms with Crippen molar-refractivity contribution in [1.29, 1.82) is 0 Å². The number of rotatable bonds is 19. The minimum atomic E-state index is -3.79. The van der Waals surface area contributed by atoms with Gasteiger partial charge in [0.05, 0.1) is 18.0 Å². The molecule has 0 heterocycles. The topological polar surface area (TPSA) is 124 Å². The van der Waals surface area contributed by atoms with Crippen molar-refractivity contribution in [3.05, 3.63) is 52.0 Å². The number of sulfonamides is 1. The monoisotopic (exact) mass is 732 g/mol. The fourth-order valence-corrected chi connectivity index (χ4v) is 6.23. The van der Waals surface area contributed by atoms with E-state index in [9.17, 15) is 18.3 Å². The highest BCUT2D eigenvalue weighted by Gasteiger charge is 2.24. The molecule has 1 atom stereocenters. The number of hydrogen-bond donors (Lipinski definition) is 2. The van der Waals surface area contributed by atoms with E-state index in [0.29, 0.717) is 24.5 Å². The molecule has 0 aliphatic rings. The molecular weight excluding hydrogens is 684 g/mol. The van der Waals surface area contributed by atoms with Crippen LogP contribution in [0.2, 0.25) is 51.4 Å². The number of nitrogens with one attached hydrogen (secondary N) is 1. The smallest absolute Gasteiger partial charge is 0.258 e. The lowest BCUT2D eigenvalue weighted by Crippen LogP contribution is -2.34. The van der Waals surface area contributed by atoms with Gasteiger partial charge in [-0.15, -0.1) is 0 Å². The van der Waals surface area contributed by atoms with Gasteiger partial charge in [-0.1, -0.05) is 61.3 Å². The molecule has 0 radical (unpaired) electrons. The zero-order valence-corrected chi connectivity index (χ0v) is 31.6. The summed E-state index contributed by atoms with van der Waals surface area (Å²) in [4.78, 5) is 12.4. The summed E-state index contributed by atoms with van der Waals surface area (Å²) in [6.07, 6.45) is -0.0248. The minimum Gasteiger partial charge on any atom is -0.484 e. The fraction of sp³-hybridized carbons (Fsp3) is 0.567. The molecule has 0 spiro atoms. The Morgan fingerprint density at radius 1 is 0.977 bits per heavy atom. The molecule has 0 fully saturated rings. The van der Waals surface area contributed by atoms with Crippen molar-refractivity contribution in [3.8, 4) is 11.5 Å². The van der Waals surface area contributed by atoms with Crippen LogP contribution in [0.25, 0.3) is 0 Å². The van der Waals surface area contributed by atoms with Crippen LogP contribution in [0.4, 0.5) is 5.69 Å². The average Bonchev–Trinajstić information content (AvgIpc) is 2.90. The van der Waals surface area contributed by atoms with E-state index >= 15 is 0 Å². The maximum absolute atomic E-state index is 12.9. The van der Waals surface area contributed by atoms with E-state index in [4.69, 9.17) is 18.9 Å². The second kappa shape index (κ2) is 17.1. The third kappa shape index (κ3) is 14.4. The summed E-state index contributed by atoms with van der Waals surface area (Å²) in [5.41, 5.74) is 1.59. The van der Waals surface area contributed by atoms with Gasteiger partial charge in [0.2, 0.25) is 10.0 Å². The Morgan fingerprint density at radius 2 is 1.61 bits per heavy atom. The molecule has 2 rings (SSSR count). The van der Waals surface area contributed by atoms with Crippen LogP contribution in [0.15, 0.2) is 40.9 Å². The molecule has 14 heteroatoms. The van der Waals surface area contributed by atoms with Crippen LogP contribution in [0.1, 0.15) is 17.2 Å². The molecule has 0 unspecified atom stereocenters. The van der Waals surface area contributed by atoms with Crippen LogP contribution < -0.4 is 19.1 Å². The SMILES string of the molecule is Cc1cc(OCC(=O)NC[C@@H](O)c2ccc(OCOCC[Si](C)(C)C)c(N(COCC[Si](C)(C)C)S(C)(=O)=O)c2)ccc1Br. The highest BCUT2D eigenvalue weighted by atomic mass is 79.9. The number of amides is 1. The number of aryl methyl sites for hydroxylation is 1. The predicted octanol–water partition coefficient (Wildman–Crippen LogP) is 5.76. The zero-order valence-electron chi connectivity index (χ0n) is 27.2. The van der Waals surface area contributed by atoms with Gasteiger partial charge < -0.3 is 29.4 Å². The second-order valence-electron chi connectivity index (χ2n) is 13.2. The van der Waals surface area contributed by atoms with Crippen LogP contribution in [0.3, 0.4) is 0 Å². The number of carbonyl (C=O) groups is 1. The van der Waals surface area contributed by atoms with E-state index in [1.807, 2.05) is 19.1 Å². The predicted molar refractivity (Wildman–Crippen MR) is 185 cm³/mol. The lowest BCUT2D eigenvalue weighted by atomic mass is 10.1. The summed E-state index contributed by atoms with van der Waals surface area (Å²) in [6.45, 7) is 15.7. The minimum absolute atomic E-state index is 0.0542. The second-order valence-corrected chi connectivity index (χ2v) is 27.2. The van der Waals surface area contributed by atoms with Crippen LogP contribution in [-0.4, -0.2) is 81.7 Å². The molecular formula is C30H49BrN2O8SSi2.